The van der Waals surface area contributed by atoms with Gasteiger partial charge in [-0.25, -0.2) is 9.37 Å². The van der Waals surface area contributed by atoms with E-state index in [1.807, 2.05) is 18.2 Å². The summed E-state index contributed by atoms with van der Waals surface area (Å²) in [7, 11) is 0. The Morgan fingerprint density at radius 3 is 2.45 bits per heavy atom. The Hall–Kier alpha value is -3.62. The molecule has 4 aromatic rings. The van der Waals surface area contributed by atoms with Crippen LogP contribution in [0, 0.1) is 12.7 Å². The maximum Gasteiger partial charge on any atom is 0.256 e. The van der Waals surface area contributed by atoms with Gasteiger partial charge in [0.2, 0.25) is 5.95 Å². The molecule has 0 saturated heterocycles. The van der Waals surface area contributed by atoms with Crippen molar-refractivity contribution in [3.8, 4) is 16.9 Å². The van der Waals surface area contributed by atoms with Crippen LogP contribution in [0.2, 0.25) is 0 Å². The summed E-state index contributed by atoms with van der Waals surface area (Å²) in [4.78, 5) is 21.9. The fourth-order valence-corrected chi connectivity index (χ4v) is 3.44. The Bertz CT molecular complexity index is 1290. The molecule has 0 spiro atoms. The van der Waals surface area contributed by atoms with E-state index in [1.165, 1.54) is 22.8 Å². The molecule has 31 heavy (non-hydrogen) atoms. The number of nitrogens with one attached hydrogen (secondary N) is 1. The number of nitrogens with zero attached hydrogens (tertiary/aromatic N) is 3. The average molecular weight is 420 g/mol. The van der Waals surface area contributed by atoms with E-state index in [4.69, 9.17) is 0 Å². The first-order valence-electron chi connectivity index (χ1n) is 9.76. The quantitative estimate of drug-likeness (QED) is 0.444. The van der Waals surface area contributed by atoms with E-state index in [0.717, 1.165) is 0 Å². The molecule has 2 heterocycles. The van der Waals surface area contributed by atoms with E-state index in [2.05, 4.69) is 15.3 Å². The largest absolute Gasteiger partial charge is 0.394 e. The Morgan fingerprint density at radius 1 is 1.03 bits per heavy atom. The predicted octanol–water partition coefficient (Wildman–Crippen LogP) is 2.66. The van der Waals surface area contributed by atoms with Gasteiger partial charge in [0.05, 0.1) is 30.6 Å². The summed E-state index contributed by atoms with van der Waals surface area (Å²) in [6, 6.07) is 15.9. The Labute approximate surface area is 177 Å². The van der Waals surface area contributed by atoms with Crippen molar-refractivity contribution in [3.05, 3.63) is 82.4 Å². The average Bonchev–Trinajstić information content (AvgIpc) is 2.77. The molecule has 0 aliphatic rings. The number of benzene rings is 2. The molecule has 0 aliphatic heterocycles. The summed E-state index contributed by atoms with van der Waals surface area (Å²) in [6.07, 6.45) is 0. The summed E-state index contributed by atoms with van der Waals surface area (Å²) >= 11 is 0. The zero-order chi connectivity index (χ0) is 22.0. The summed E-state index contributed by atoms with van der Waals surface area (Å²) in [5, 5.41) is 22.4. The minimum atomic E-state index is -0.680. The smallest absolute Gasteiger partial charge is 0.256 e. The van der Waals surface area contributed by atoms with Crippen LogP contribution in [0.1, 0.15) is 5.56 Å². The standard InChI is InChI=1S/C23H21FN4O3/c1-14-11-15(24)7-8-18(14)21-19-9-10-20(31)28(17-5-3-2-4-6-17)22(19)27-23(26-21)25-16(12-29)13-30/h2-11,16,29-30H,12-13H2,1H3,(H,25,26,27). The second-order valence-electron chi connectivity index (χ2n) is 7.14. The van der Waals surface area contributed by atoms with Gasteiger partial charge in [0.15, 0.2) is 5.65 Å². The van der Waals surface area contributed by atoms with Crippen LogP contribution in [0.3, 0.4) is 0 Å². The number of anilines is 1. The fourth-order valence-electron chi connectivity index (χ4n) is 3.44. The van der Waals surface area contributed by atoms with Crippen LogP contribution in [0.15, 0.2) is 65.5 Å². The lowest BCUT2D eigenvalue weighted by Gasteiger charge is -2.18. The van der Waals surface area contributed by atoms with Crippen molar-refractivity contribution < 1.29 is 14.6 Å². The highest BCUT2D eigenvalue weighted by Gasteiger charge is 2.18. The maximum absolute atomic E-state index is 13.7. The van der Waals surface area contributed by atoms with E-state index in [9.17, 15) is 19.4 Å². The first-order valence-corrected chi connectivity index (χ1v) is 9.76. The SMILES string of the molecule is Cc1cc(F)ccc1-c1nc(NC(CO)CO)nc2c1ccc(=O)n2-c1ccccc1. The summed E-state index contributed by atoms with van der Waals surface area (Å²) in [5.74, 6) is -0.227. The van der Waals surface area contributed by atoms with Crippen molar-refractivity contribution in [2.45, 2.75) is 13.0 Å². The highest BCUT2D eigenvalue weighted by molar-refractivity contribution is 5.92. The van der Waals surface area contributed by atoms with Crippen molar-refractivity contribution in [2.75, 3.05) is 18.5 Å². The van der Waals surface area contributed by atoms with Gasteiger partial charge in [0, 0.05) is 17.0 Å². The van der Waals surface area contributed by atoms with Gasteiger partial charge < -0.3 is 15.5 Å². The maximum atomic E-state index is 13.7. The fraction of sp³-hybridized carbons (Fsp3) is 0.174. The second kappa shape index (κ2) is 8.63. The van der Waals surface area contributed by atoms with Crippen molar-refractivity contribution in [2.24, 2.45) is 0 Å². The molecule has 7 nitrogen and oxygen atoms in total. The minimum absolute atomic E-state index is 0.134. The van der Waals surface area contributed by atoms with E-state index >= 15 is 0 Å². The van der Waals surface area contributed by atoms with Crippen molar-refractivity contribution in [3.63, 3.8) is 0 Å². The lowest BCUT2D eigenvalue weighted by molar-refractivity contribution is 0.203. The number of para-hydroxylation sites is 1. The van der Waals surface area contributed by atoms with Gasteiger partial charge >= 0.3 is 0 Å². The molecular weight excluding hydrogens is 399 g/mol. The zero-order valence-electron chi connectivity index (χ0n) is 16.8. The molecule has 4 rings (SSSR count). The molecule has 2 aromatic heterocycles. The third kappa shape index (κ3) is 4.03. The zero-order valence-corrected chi connectivity index (χ0v) is 16.8. The van der Waals surface area contributed by atoms with Crippen LogP contribution in [-0.2, 0) is 0 Å². The molecule has 0 amide bonds. The lowest BCUT2D eigenvalue weighted by Crippen LogP contribution is -2.29. The highest BCUT2D eigenvalue weighted by atomic mass is 19.1. The van der Waals surface area contributed by atoms with E-state index in [0.29, 0.717) is 33.5 Å². The van der Waals surface area contributed by atoms with Gasteiger partial charge in [0.25, 0.3) is 5.56 Å². The Balaban J connectivity index is 2.05. The van der Waals surface area contributed by atoms with Crippen molar-refractivity contribution >= 4 is 17.0 Å². The van der Waals surface area contributed by atoms with Crippen LogP contribution in [0.4, 0.5) is 10.3 Å². The summed E-state index contributed by atoms with van der Waals surface area (Å²) in [6.45, 7) is 1.11. The van der Waals surface area contributed by atoms with Gasteiger partial charge in [-0.05, 0) is 48.9 Å². The number of aliphatic hydroxyl groups excluding tert-OH is 2. The Kier molecular flexibility index (Phi) is 5.75. The molecular formula is C23H21FN4O3. The number of rotatable bonds is 6. The number of hydrogen-bond acceptors (Lipinski definition) is 6. The third-order valence-electron chi connectivity index (χ3n) is 4.98. The normalized spacial score (nSPS) is 11.3. The van der Waals surface area contributed by atoms with Crippen LogP contribution >= 0.6 is 0 Å². The number of aryl methyl sites for hydroxylation is 1. The molecule has 158 valence electrons. The third-order valence-corrected chi connectivity index (χ3v) is 4.98. The number of aromatic nitrogens is 3. The molecule has 0 aliphatic carbocycles. The molecule has 0 fully saturated rings. The number of halogens is 1. The van der Waals surface area contributed by atoms with Gasteiger partial charge in [-0.1, -0.05) is 18.2 Å². The van der Waals surface area contributed by atoms with Crippen molar-refractivity contribution in [1.29, 1.82) is 0 Å². The second-order valence-corrected chi connectivity index (χ2v) is 7.14. The number of hydrogen-bond donors (Lipinski definition) is 3. The Morgan fingerprint density at radius 2 is 1.77 bits per heavy atom. The summed E-state index contributed by atoms with van der Waals surface area (Å²) in [5.41, 5.74) is 2.56. The van der Waals surface area contributed by atoms with Crippen LogP contribution in [0.5, 0.6) is 0 Å². The van der Waals surface area contributed by atoms with E-state index < -0.39 is 6.04 Å². The molecule has 8 heteroatoms. The number of aliphatic hydroxyl groups is 2. The van der Waals surface area contributed by atoms with Gasteiger partial charge in [-0.3, -0.25) is 9.36 Å². The summed E-state index contributed by atoms with van der Waals surface area (Å²) < 4.78 is 15.2. The monoisotopic (exact) mass is 420 g/mol. The van der Waals surface area contributed by atoms with E-state index in [1.54, 1.807) is 31.2 Å². The molecule has 0 saturated carbocycles. The minimum Gasteiger partial charge on any atom is -0.394 e. The van der Waals surface area contributed by atoms with Crippen LogP contribution < -0.4 is 10.9 Å². The number of fused-ring (bicyclic) bond motifs is 1. The van der Waals surface area contributed by atoms with Crippen LogP contribution in [0.25, 0.3) is 28.0 Å². The van der Waals surface area contributed by atoms with Gasteiger partial charge in [-0.2, -0.15) is 4.98 Å². The van der Waals surface area contributed by atoms with E-state index in [-0.39, 0.29) is 30.5 Å². The molecule has 0 radical (unpaired) electrons. The predicted molar refractivity (Wildman–Crippen MR) is 117 cm³/mol. The highest BCUT2D eigenvalue weighted by Crippen LogP contribution is 2.30. The molecule has 0 bridgehead atoms. The van der Waals surface area contributed by atoms with Gasteiger partial charge in [-0.15, -0.1) is 0 Å². The van der Waals surface area contributed by atoms with Crippen molar-refractivity contribution in [1.82, 2.24) is 14.5 Å². The lowest BCUT2D eigenvalue weighted by atomic mass is 10.0. The molecule has 0 unspecified atom stereocenters. The molecule has 0 atom stereocenters. The molecule has 3 N–H and O–H groups in total. The topological polar surface area (TPSA) is 100 Å². The molecule has 2 aromatic carbocycles. The first-order chi connectivity index (χ1) is 15.0. The van der Waals surface area contributed by atoms with Crippen LogP contribution in [-0.4, -0.2) is 44.0 Å². The number of pyridine rings is 1. The van der Waals surface area contributed by atoms with Gasteiger partial charge in [0.1, 0.15) is 5.82 Å². The first kappa shape index (κ1) is 20.6.